The van der Waals surface area contributed by atoms with Crippen LogP contribution in [0.3, 0.4) is 0 Å². The molecule has 0 saturated heterocycles. The Kier molecular flexibility index (Phi) is 7.92. The summed E-state index contributed by atoms with van der Waals surface area (Å²) in [6.07, 6.45) is -3.37. The van der Waals surface area contributed by atoms with Gasteiger partial charge in [0.2, 0.25) is 5.62 Å². The molecule has 0 atom stereocenters. The van der Waals surface area contributed by atoms with Gasteiger partial charge in [-0.15, -0.1) is 18.2 Å². The summed E-state index contributed by atoms with van der Waals surface area (Å²) < 4.78 is 56.0. The minimum absolute atomic E-state index is 0.0428. The number of carbonyl (C=O) groups excluding carboxylic acids is 1. The van der Waals surface area contributed by atoms with Crippen molar-refractivity contribution in [1.82, 2.24) is 14.5 Å². The molecule has 2 N–H and O–H groups in total. The molecule has 0 aliphatic heterocycles. The van der Waals surface area contributed by atoms with E-state index in [1.807, 2.05) is 0 Å². The summed E-state index contributed by atoms with van der Waals surface area (Å²) in [4.78, 5) is 27.4. The molecule has 3 aromatic rings. The zero-order valence-electron chi connectivity index (χ0n) is 19.5. The van der Waals surface area contributed by atoms with Crippen LogP contribution in [0.1, 0.15) is 21.5 Å². The Morgan fingerprint density at radius 1 is 0.972 bits per heavy atom. The Balaban J connectivity index is 1.91. The summed E-state index contributed by atoms with van der Waals surface area (Å²) in [6, 6.07) is 8.48. The van der Waals surface area contributed by atoms with Crippen molar-refractivity contribution in [2.24, 2.45) is 12.0 Å². The predicted molar refractivity (Wildman–Crippen MR) is 120 cm³/mol. The summed E-state index contributed by atoms with van der Waals surface area (Å²) >= 11 is 0. The molecule has 1 heterocycles. The molecule has 0 unspecified atom stereocenters. The normalized spacial score (nSPS) is 11.8. The Hall–Kier alpha value is -4.42. The highest BCUT2D eigenvalue weighted by Crippen LogP contribution is 2.26. The number of aryl methyl sites for hydroxylation is 1. The predicted octanol–water partition coefficient (Wildman–Crippen LogP) is 3.30. The maximum atomic E-state index is 12.9. The minimum atomic E-state index is -4.98. The lowest BCUT2D eigenvalue weighted by atomic mass is 10.1. The van der Waals surface area contributed by atoms with Gasteiger partial charge in [0.05, 0.1) is 20.8 Å². The number of rotatable bonds is 8. The number of carbonyl (C=O) groups is 2. The SMILES string of the molecule is COc1cc(CNC(=O)c2cc(Cn3ccn(C)c3=NC(=O)O)cc(OC(F)(F)F)c2)cc(OC)c1. The van der Waals surface area contributed by atoms with Gasteiger partial charge in [0.25, 0.3) is 5.91 Å². The Morgan fingerprint density at radius 2 is 1.61 bits per heavy atom. The van der Waals surface area contributed by atoms with Gasteiger partial charge >= 0.3 is 12.5 Å². The summed E-state index contributed by atoms with van der Waals surface area (Å²) in [5, 5.41) is 11.6. The molecule has 1 aromatic heterocycles. The van der Waals surface area contributed by atoms with Crippen molar-refractivity contribution < 1.29 is 42.1 Å². The molecule has 13 heteroatoms. The molecule has 2 aromatic carbocycles. The fourth-order valence-corrected chi connectivity index (χ4v) is 3.39. The molecule has 0 radical (unpaired) electrons. The number of imidazole rings is 1. The second kappa shape index (κ2) is 10.9. The van der Waals surface area contributed by atoms with Crippen molar-refractivity contribution >= 4 is 12.0 Å². The van der Waals surface area contributed by atoms with Crippen LogP contribution in [0.2, 0.25) is 0 Å². The maximum Gasteiger partial charge on any atom is 0.573 e. The van der Waals surface area contributed by atoms with E-state index in [0.29, 0.717) is 17.1 Å². The van der Waals surface area contributed by atoms with Crippen LogP contribution < -0.4 is 25.1 Å². The van der Waals surface area contributed by atoms with E-state index in [4.69, 9.17) is 14.6 Å². The first-order valence-corrected chi connectivity index (χ1v) is 10.4. The van der Waals surface area contributed by atoms with Gasteiger partial charge in [-0.2, -0.15) is 0 Å². The molecular formula is C23H23F3N4O6. The van der Waals surface area contributed by atoms with Gasteiger partial charge in [0.15, 0.2) is 0 Å². The highest BCUT2D eigenvalue weighted by molar-refractivity contribution is 5.94. The van der Waals surface area contributed by atoms with Crippen LogP contribution >= 0.6 is 0 Å². The van der Waals surface area contributed by atoms with Crippen LogP contribution in [-0.4, -0.2) is 46.8 Å². The second-order valence-electron chi connectivity index (χ2n) is 7.55. The number of hydrogen-bond acceptors (Lipinski definition) is 5. The number of carboxylic acid groups (broad SMARTS) is 1. The molecule has 0 spiro atoms. The summed E-state index contributed by atoms with van der Waals surface area (Å²) in [5.41, 5.74) is 0.850. The zero-order valence-corrected chi connectivity index (χ0v) is 19.5. The van der Waals surface area contributed by atoms with E-state index in [2.05, 4.69) is 15.0 Å². The van der Waals surface area contributed by atoms with Gasteiger partial charge in [0.1, 0.15) is 17.2 Å². The smallest absolute Gasteiger partial charge is 0.497 e. The molecule has 0 aliphatic rings. The average Bonchev–Trinajstić information content (AvgIpc) is 3.14. The molecular weight excluding hydrogens is 485 g/mol. The van der Waals surface area contributed by atoms with Crippen LogP contribution in [0, 0.1) is 0 Å². The van der Waals surface area contributed by atoms with Gasteiger partial charge < -0.3 is 33.8 Å². The number of hydrogen-bond donors (Lipinski definition) is 2. The van der Waals surface area contributed by atoms with E-state index < -0.39 is 24.1 Å². The number of alkyl halides is 3. The summed E-state index contributed by atoms with van der Waals surface area (Å²) in [7, 11) is 4.52. The standard InChI is InChI=1S/C23H23F3N4O6/c1-29-4-5-30(21(29)28-22(32)33)13-15-6-16(10-19(9-15)36-23(24,25)26)20(31)27-12-14-7-17(34-2)11-18(8-14)35-3/h4-11H,12-13H2,1-3H3,(H,27,31)(H,32,33). The highest BCUT2D eigenvalue weighted by Gasteiger charge is 2.31. The summed E-state index contributed by atoms with van der Waals surface area (Å²) in [5.74, 6) is -0.242. The quantitative estimate of drug-likeness (QED) is 0.483. The van der Waals surface area contributed by atoms with Gasteiger partial charge in [-0.05, 0) is 41.5 Å². The molecule has 10 nitrogen and oxygen atoms in total. The van der Waals surface area contributed by atoms with E-state index in [9.17, 15) is 22.8 Å². The van der Waals surface area contributed by atoms with E-state index in [0.717, 1.165) is 12.1 Å². The number of amides is 2. The third-order valence-electron chi connectivity index (χ3n) is 4.92. The van der Waals surface area contributed by atoms with Crippen LogP contribution in [0.5, 0.6) is 17.2 Å². The largest absolute Gasteiger partial charge is 0.573 e. The molecule has 0 saturated carbocycles. The Bertz CT molecular complexity index is 1310. The van der Waals surface area contributed by atoms with Crippen molar-refractivity contribution in [3.05, 3.63) is 71.1 Å². The molecule has 0 aliphatic carbocycles. The van der Waals surface area contributed by atoms with Crippen LogP contribution in [0.25, 0.3) is 0 Å². The van der Waals surface area contributed by atoms with Gasteiger partial charge in [-0.25, -0.2) is 4.79 Å². The first kappa shape index (κ1) is 26.2. The molecule has 36 heavy (non-hydrogen) atoms. The van der Waals surface area contributed by atoms with Crippen molar-refractivity contribution in [2.75, 3.05) is 14.2 Å². The van der Waals surface area contributed by atoms with E-state index >= 15 is 0 Å². The molecule has 2 amide bonds. The number of nitrogens with one attached hydrogen (secondary N) is 1. The van der Waals surface area contributed by atoms with Gasteiger partial charge in [0, 0.05) is 37.6 Å². The molecule has 192 valence electrons. The summed E-state index contributed by atoms with van der Waals surface area (Å²) in [6.45, 7) is -0.0312. The number of ether oxygens (including phenoxy) is 3. The zero-order chi connectivity index (χ0) is 26.5. The fraction of sp³-hybridized carbons (Fsp3) is 0.261. The van der Waals surface area contributed by atoms with Gasteiger partial charge in [-0.3, -0.25) is 4.79 Å². The Labute approximate surface area is 203 Å². The number of aromatic nitrogens is 2. The van der Waals surface area contributed by atoms with Crippen molar-refractivity contribution in [2.45, 2.75) is 19.5 Å². The lowest BCUT2D eigenvalue weighted by molar-refractivity contribution is -0.274. The first-order chi connectivity index (χ1) is 17.0. The lowest BCUT2D eigenvalue weighted by Gasteiger charge is -2.14. The van der Waals surface area contributed by atoms with Crippen molar-refractivity contribution in [1.29, 1.82) is 0 Å². The Morgan fingerprint density at radius 3 is 2.19 bits per heavy atom. The number of benzene rings is 2. The number of halogens is 3. The fourth-order valence-electron chi connectivity index (χ4n) is 3.39. The van der Waals surface area contributed by atoms with Crippen LogP contribution in [0.15, 0.2) is 53.8 Å². The number of methoxy groups -OCH3 is 2. The van der Waals surface area contributed by atoms with E-state index in [-0.39, 0.29) is 29.8 Å². The third kappa shape index (κ3) is 7.04. The second-order valence-corrected chi connectivity index (χ2v) is 7.55. The first-order valence-electron chi connectivity index (χ1n) is 10.4. The highest BCUT2D eigenvalue weighted by atomic mass is 19.4. The topological polar surface area (TPSA) is 116 Å². The van der Waals surface area contributed by atoms with Crippen LogP contribution in [-0.2, 0) is 20.1 Å². The van der Waals surface area contributed by atoms with Gasteiger partial charge in [-0.1, -0.05) is 0 Å². The third-order valence-corrected chi connectivity index (χ3v) is 4.92. The van der Waals surface area contributed by atoms with Crippen molar-refractivity contribution in [3.63, 3.8) is 0 Å². The molecule has 0 bridgehead atoms. The van der Waals surface area contributed by atoms with E-state index in [1.165, 1.54) is 41.8 Å². The van der Waals surface area contributed by atoms with Crippen LogP contribution in [0.4, 0.5) is 18.0 Å². The minimum Gasteiger partial charge on any atom is -0.497 e. The van der Waals surface area contributed by atoms with E-state index in [1.54, 1.807) is 25.2 Å². The average molecular weight is 508 g/mol. The lowest BCUT2D eigenvalue weighted by Crippen LogP contribution is -2.26. The van der Waals surface area contributed by atoms with Crippen molar-refractivity contribution in [3.8, 4) is 17.2 Å². The maximum absolute atomic E-state index is 12.9. The number of nitrogens with zero attached hydrogens (tertiary/aromatic N) is 3. The molecule has 0 fully saturated rings. The molecule has 3 rings (SSSR count). The monoisotopic (exact) mass is 508 g/mol.